The Hall–Kier alpha value is -0.650. The lowest BCUT2D eigenvalue weighted by atomic mass is 9.99. The number of aliphatic hydroxyl groups excluding tert-OH is 3. The summed E-state index contributed by atoms with van der Waals surface area (Å²) in [7, 11) is 0. The van der Waals surface area contributed by atoms with Crippen LogP contribution in [0.5, 0.6) is 0 Å². The van der Waals surface area contributed by atoms with Crippen molar-refractivity contribution in [2.75, 3.05) is 6.61 Å². The van der Waals surface area contributed by atoms with E-state index in [-0.39, 0.29) is 12.5 Å². The molecular formula is C38H77NO4. The fraction of sp³-hybridized carbons (Fsp3) is 0.974. The maximum Gasteiger partial charge on any atom is 0.220 e. The van der Waals surface area contributed by atoms with Gasteiger partial charge in [-0.15, -0.1) is 0 Å². The molecule has 0 aromatic carbocycles. The van der Waals surface area contributed by atoms with Gasteiger partial charge in [0.1, 0.15) is 6.10 Å². The van der Waals surface area contributed by atoms with Crippen LogP contribution in [0.2, 0.25) is 0 Å². The summed E-state index contributed by atoms with van der Waals surface area (Å²) in [5.41, 5.74) is 0. The third-order valence-corrected chi connectivity index (χ3v) is 9.21. The van der Waals surface area contributed by atoms with E-state index in [1.54, 1.807) is 0 Å². The predicted molar refractivity (Wildman–Crippen MR) is 186 cm³/mol. The molecule has 0 fully saturated rings. The van der Waals surface area contributed by atoms with E-state index in [4.69, 9.17) is 0 Å². The molecule has 0 saturated heterocycles. The Morgan fingerprint density at radius 2 is 0.791 bits per heavy atom. The number of aliphatic hydroxyl groups is 3. The normalized spacial score (nSPS) is 13.7. The molecule has 4 N–H and O–H groups in total. The molecule has 258 valence electrons. The lowest BCUT2D eigenvalue weighted by Crippen LogP contribution is -2.50. The van der Waals surface area contributed by atoms with Crippen molar-refractivity contribution in [3.63, 3.8) is 0 Å². The molecule has 0 radical (unpaired) electrons. The van der Waals surface area contributed by atoms with Crippen molar-refractivity contribution >= 4 is 5.91 Å². The minimum Gasteiger partial charge on any atom is -0.394 e. The molecule has 0 unspecified atom stereocenters. The Balaban J connectivity index is 3.61. The lowest BCUT2D eigenvalue weighted by Gasteiger charge is -2.26. The highest BCUT2D eigenvalue weighted by molar-refractivity contribution is 5.76. The molecule has 0 aromatic heterocycles. The number of amides is 1. The largest absolute Gasteiger partial charge is 0.394 e. The van der Waals surface area contributed by atoms with Gasteiger partial charge >= 0.3 is 0 Å². The first-order valence-electron chi connectivity index (χ1n) is 19.3. The first-order chi connectivity index (χ1) is 21.1. The average molecular weight is 612 g/mol. The Bertz CT molecular complexity index is 558. The fourth-order valence-corrected chi connectivity index (χ4v) is 6.16. The second kappa shape index (κ2) is 34.2. The molecule has 5 heteroatoms. The van der Waals surface area contributed by atoms with Crippen LogP contribution in [0.1, 0.15) is 213 Å². The first kappa shape index (κ1) is 42.3. The Morgan fingerprint density at radius 3 is 1.12 bits per heavy atom. The van der Waals surface area contributed by atoms with E-state index in [9.17, 15) is 20.1 Å². The number of unbranched alkanes of at least 4 members (excludes halogenated alkanes) is 27. The van der Waals surface area contributed by atoms with Crippen LogP contribution in [0.3, 0.4) is 0 Å². The fourth-order valence-electron chi connectivity index (χ4n) is 6.16. The van der Waals surface area contributed by atoms with Crippen LogP contribution in [0.15, 0.2) is 0 Å². The van der Waals surface area contributed by atoms with E-state index >= 15 is 0 Å². The SMILES string of the molecule is CCCCCCCCCCCCCCCCCCCCC(=O)N[C@@H](CO)[C@H](O)[C@H](O)CCCCCCCCCCCCC. The molecule has 43 heavy (non-hydrogen) atoms. The molecule has 0 bridgehead atoms. The van der Waals surface area contributed by atoms with E-state index in [0.717, 1.165) is 38.5 Å². The standard InChI is InChI=1S/C38H77NO4/c1-3-5-7-9-11-13-15-16-17-18-19-20-21-23-25-27-29-31-33-37(42)39-35(34-40)38(43)36(41)32-30-28-26-24-22-14-12-10-8-6-4-2/h35-36,38,40-41,43H,3-34H2,1-2H3,(H,39,42)/t35-,36+,38-/m0/s1. The summed E-state index contributed by atoms with van der Waals surface area (Å²) in [6, 6.07) is -0.800. The molecule has 1 amide bonds. The predicted octanol–water partition coefficient (Wildman–Crippen LogP) is 10.3. The van der Waals surface area contributed by atoms with Gasteiger partial charge < -0.3 is 20.6 Å². The van der Waals surface area contributed by atoms with Crippen LogP contribution < -0.4 is 5.32 Å². The number of hydrogen-bond acceptors (Lipinski definition) is 4. The van der Waals surface area contributed by atoms with Crippen LogP contribution in [-0.2, 0) is 4.79 Å². The van der Waals surface area contributed by atoms with Crippen LogP contribution in [0, 0.1) is 0 Å². The highest BCUT2D eigenvalue weighted by Gasteiger charge is 2.26. The molecule has 3 atom stereocenters. The summed E-state index contributed by atoms with van der Waals surface area (Å²) in [6.07, 6.45) is 36.2. The summed E-state index contributed by atoms with van der Waals surface area (Å²) in [5.74, 6) is -0.142. The summed E-state index contributed by atoms with van der Waals surface area (Å²) in [5, 5.41) is 33.3. The molecule has 0 spiro atoms. The zero-order valence-electron chi connectivity index (χ0n) is 29.1. The first-order valence-corrected chi connectivity index (χ1v) is 19.3. The molecule has 0 aromatic rings. The molecule has 0 rings (SSSR count). The van der Waals surface area contributed by atoms with Crippen LogP contribution in [-0.4, -0.2) is 46.1 Å². The van der Waals surface area contributed by atoms with Gasteiger partial charge in [-0.1, -0.05) is 194 Å². The van der Waals surface area contributed by atoms with Crippen molar-refractivity contribution < 1.29 is 20.1 Å². The minimum atomic E-state index is -1.13. The smallest absolute Gasteiger partial charge is 0.220 e. The monoisotopic (exact) mass is 612 g/mol. The van der Waals surface area contributed by atoms with Crippen molar-refractivity contribution in [3.8, 4) is 0 Å². The van der Waals surface area contributed by atoms with Crippen LogP contribution in [0.25, 0.3) is 0 Å². The molecule has 0 aliphatic carbocycles. The van der Waals surface area contributed by atoms with Crippen molar-refractivity contribution in [1.29, 1.82) is 0 Å². The van der Waals surface area contributed by atoms with Gasteiger partial charge in [-0.3, -0.25) is 4.79 Å². The van der Waals surface area contributed by atoms with Gasteiger partial charge in [0.2, 0.25) is 5.91 Å². The summed E-state index contributed by atoms with van der Waals surface area (Å²) in [6.45, 7) is 4.17. The Morgan fingerprint density at radius 1 is 0.488 bits per heavy atom. The van der Waals surface area contributed by atoms with Gasteiger partial charge in [-0.05, 0) is 12.8 Å². The number of rotatable bonds is 35. The zero-order valence-corrected chi connectivity index (χ0v) is 29.1. The van der Waals surface area contributed by atoms with Gasteiger partial charge in [-0.2, -0.15) is 0 Å². The number of carbonyl (C=O) groups excluding carboxylic acids is 1. The summed E-state index contributed by atoms with van der Waals surface area (Å²) >= 11 is 0. The number of nitrogens with one attached hydrogen (secondary N) is 1. The van der Waals surface area contributed by atoms with Gasteiger partial charge in [0, 0.05) is 6.42 Å². The molecule has 0 heterocycles. The Kier molecular flexibility index (Phi) is 33.7. The van der Waals surface area contributed by atoms with Gasteiger partial charge in [-0.25, -0.2) is 0 Å². The third-order valence-electron chi connectivity index (χ3n) is 9.21. The van der Waals surface area contributed by atoms with E-state index in [2.05, 4.69) is 19.2 Å². The number of hydrogen-bond donors (Lipinski definition) is 4. The second-order valence-corrected chi connectivity index (χ2v) is 13.5. The molecule has 0 saturated carbocycles. The van der Waals surface area contributed by atoms with Gasteiger partial charge in [0.25, 0.3) is 0 Å². The maximum absolute atomic E-state index is 12.4. The van der Waals surface area contributed by atoms with Crippen LogP contribution >= 0.6 is 0 Å². The molecule has 5 nitrogen and oxygen atoms in total. The van der Waals surface area contributed by atoms with Gasteiger partial charge in [0.05, 0.1) is 18.8 Å². The topological polar surface area (TPSA) is 89.8 Å². The maximum atomic E-state index is 12.4. The van der Waals surface area contributed by atoms with E-state index in [1.165, 1.54) is 148 Å². The van der Waals surface area contributed by atoms with Crippen molar-refractivity contribution in [2.45, 2.75) is 231 Å². The third kappa shape index (κ3) is 29.8. The highest BCUT2D eigenvalue weighted by atomic mass is 16.3. The minimum absolute atomic E-state index is 0.142. The Labute approximate surface area is 268 Å². The summed E-state index contributed by atoms with van der Waals surface area (Å²) < 4.78 is 0. The average Bonchev–Trinajstić information content (AvgIpc) is 3.01. The molecule has 0 aliphatic heterocycles. The van der Waals surface area contributed by atoms with Crippen molar-refractivity contribution in [1.82, 2.24) is 5.32 Å². The van der Waals surface area contributed by atoms with E-state index in [1.807, 2.05) is 0 Å². The quantitative estimate of drug-likeness (QED) is 0.0537. The van der Waals surface area contributed by atoms with E-state index < -0.39 is 18.2 Å². The van der Waals surface area contributed by atoms with Gasteiger partial charge in [0.15, 0.2) is 0 Å². The highest BCUT2D eigenvalue weighted by Crippen LogP contribution is 2.16. The second-order valence-electron chi connectivity index (χ2n) is 13.5. The number of carbonyl (C=O) groups is 1. The summed E-state index contributed by atoms with van der Waals surface area (Å²) in [4.78, 5) is 12.4. The van der Waals surface area contributed by atoms with E-state index in [0.29, 0.717) is 12.8 Å². The molecule has 0 aliphatic rings. The van der Waals surface area contributed by atoms with Crippen molar-refractivity contribution in [2.24, 2.45) is 0 Å². The zero-order chi connectivity index (χ0) is 31.6. The molecular weight excluding hydrogens is 534 g/mol. The van der Waals surface area contributed by atoms with Crippen LogP contribution in [0.4, 0.5) is 0 Å². The van der Waals surface area contributed by atoms with Crippen molar-refractivity contribution in [3.05, 3.63) is 0 Å². The lowest BCUT2D eigenvalue weighted by molar-refractivity contribution is -0.124.